The van der Waals surface area contributed by atoms with Crippen LogP contribution in [0.2, 0.25) is 0 Å². The molecule has 28 heavy (non-hydrogen) atoms. The van der Waals surface area contributed by atoms with E-state index in [4.69, 9.17) is 14.5 Å². The van der Waals surface area contributed by atoms with E-state index >= 15 is 0 Å². The lowest BCUT2D eigenvalue weighted by Gasteiger charge is -2.31. The summed E-state index contributed by atoms with van der Waals surface area (Å²) < 4.78 is 10.8. The first kappa shape index (κ1) is 24.5. The number of nitrogens with zero attached hydrogens (tertiary/aromatic N) is 2. The number of rotatable bonds is 8. The molecule has 0 saturated carbocycles. The molecule has 0 aromatic carbocycles. The molecule has 1 heterocycles. The Morgan fingerprint density at radius 3 is 2.36 bits per heavy atom. The number of guanidine groups is 1. The van der Waals surface area contributed by atoms with Crippen molar-refractivity contribution in [3.63, 3.8) is 0 Å². The van der Waals surface area contributed by atoms with E-state index in [1.807, 2.05) is 27.7 Å². The highest BCUT2D eigenvalue weighted by Gasteiger charge is 2.22. The molecule has 8 nitrogen and oxygen atoms in total. The number of carbonyl (C=O) groups is 1. The van der Waals surface area contributed by atoms with Gasteiger partial charge >= 0.3 is 6.09 Å². The number of hydrogen-bond donors (Lipinski definition) is 3. The van der Waals surface area contributed by atoms with E-state index in [-0.39, 0.29) is 12.0 Å². The van der Waals surface area contributed by atoms with Gasteiger partial charge in [0.2, 0.25) is 0 Å². The first-order valence-corrected chi connectivity index (χ1v) is 10.5. The number of hydrogen-bond acceptors (Lipinski definition) is 5. The number of alkyl carbamates (subject to hydrolysis) is 1. The maximum Gasteiger partial charge on any atom is 0.407 e. The summed E-state index contributed by atoms with van der Waals surface area (Å²) in [5.41, 5.74) is -0.509. The van der Waals surface area contributed by atoms with Gasteiger partial charge in [0, 0.05) is 32.2 Å². The first-order chi connectivity index (χ1) is 13.1. The molecule has 164 valence electrons. The summed E-state index contributed by atoms with van der Waals surface area (Å²) in [7, 11) is 0. The minimum absolute atomic E-state index is 0.0598. The molecule has 1 saturated heterocycles. The minimum Gasteiger partial charge on any atom is -0.444 e. The van der Waals surface area contributed by atoms with E-state index in [0.717, 1.165) is 38.8 Å². The minimum atomic E-state index is -0.509. The fourth-order valence-corrected chi connectivity index (χ4v) is 2.82. The second kappa shape index (κ2) is 12.1. The Morgan fingerprint density at radius 1 is 1.18 bits per heavy atom. The molecule has 0 aromatic heterocycles. The molecular formula is C20H41N5O3. The topological polar surface area (TPSA) is 87.2 Å². The predicted octanol–water partition coefficient (Wildman–Crippen LogP) is 1.81. The maximum absolute atomic E-state index is 12.1. The average Bonchev–Trinajstić information content (AvgIpc) is 2.61. The monoisotopic (exact) mass is 399 g/mol. The molecule has 2 unspecified atom stereocenters. The van der Waals surface area contributed by atoms with Gasteiger partial charge in [-0.2, -0.15) is 0 Å². The van der Waals surface area contributed by atoms with E-state index in [9.17, 15) is 4.79 Å². The van der Waals surface area contributed by atoms with E-state index in [1.165, 1.54) is 0 Å². The van der Waals surface area contributed by atoms with Gasteiger partial charge in [0.25, 0.3) is 0 Å². The molecule has 2 atom stereocenters. The summed E-state index contributed by atoms with van der Waals surface area (Å²) in [6.45, 7) is 19.5. The van der Waals surface area contributed by atoms with Gasteiger partial charge in [-0.15, -0.1) is 0 Å². The summed E-state index contributed by atoms with van der Waals surface area (Å²) in [6.07, 6.45) is -0.393. The Bertz CT molecular complexity index is 485. The van der Waals surface area contributed by atoms with Crippen LogP contribution in [0.25, 0.3) is 0 Å². The lowest BCUT2D eigenvalue weighted by atomic mass is 10.0. The van der Waals surface area contributed by atoms with Gasteiger partial charge in [-0.05, 0) is 40.5 Å². The number of carbonyl (C=O) groups excluding carboxylic acids is 1. The summed E-state index contributed by atoms with van der Waals surface area (Å²) in [5, 5.41) is 9.59. The fraction of sp³-hybridized carbons (Fsp3) is 0.900. The third-order valence-corrected chi connectivity index (χ3v) is 4.52. The van der Waals surface area contributed by atoms with Crippen molar-refractivity contribution in [3.8, 4) is 0 Å². The van der Waals surface area contributed by atoms with Crippen LogP contribution in [-0.4, -0.2) is 80.6 Å². The van der Waals surface area contributed by atoms with Gasteiger partial charge in [-0.25, -0.2) is 4.79 Å². The van der Waals surface area contributed by atoms with Crippen molar-refractivity contribution < 1.29 is 14.3 Å². The Balaban J connectivity index is 2.58. The SMILES string of the molecule is CCNC(=NCC(C)N1CCOCC1)NCC(NC(=O)OC(C)(C)C)C(C)C. The lowest BCUT2D eigenvalue weighted by molar-refractivity contribution is 0.0220. The molecular weight excluding hydrogens is 358 g/mol. The Labute approximate surface area is 170 Å². The zero-order chi connectivity index (χ0) is 21.2. The van der Waals surface area contributed by atoms with Gasteiger partial charge in [-0.1, -0.05) is 13.8 Å². The number of morpholine rings is 1. The highest BCUT2D eigenvalue weighted by molar-refractivity contribution is 5.79. The molecule has 1 amide bonds. The van der Waals surface area contributed by atoms with Crippen LogP contribution >= 0.6 is 0 Å². The lowest BCUT2D eigenvalue weighted by Crippen LogP contribution is -2.50. The van der Waals surface area contributed by atoms with E-state index < -0.39 is 11.7 Å². The third kappa shape index (κ3) is 10.1. The zero-order valence-electron chi connectivity index (χ0n) is 18.8. The van der Waals surface area contributed by atoms with Crippen molar-refractivity contribution in [1.29, 1.82) is 0 Å². The molecule has 3 N–H and O–H groups in total. The standard InChI is InChI=1S/C20H41N5O3/c1-8-21-18(22-13-16(4)25-9-11-27-12-10-25)23-14-17(15(2)3)24-19(26)28-20(5,6)7/h15-17H,8-14H2,1-7H3,(H,24,26)(H2,21,22,23). The van der Waals surface area contributed by atoms with Crippen LogP contribution in [0.1, 0.15) is 48.5 Å². The second-order valence-electron chi connectivity index (χ2n) is 8.59. The summed E-state index contributed by atoms with van der Waals surface area (Å²) in [6, 6.07) is 0.301. The first-order valence-electron chi connectivity index (χ1n) is 10.5. The maximum atomic E-state index is 12.1. The fourth-order valence-electron chi connectivity index (χ4n) is 2.82. The number of ether oxygens (including phenoxy) is 2. The Morgan fingerprint density at radius 2 is 1.82 bits per heavy atom. The molecule has 8 heteroatoms. The molecule has 0 bridgehead atoms. The van der Waals surface area contributed by atoms with Crippen LogP contribution in [0.5, 0.6) is 0 Å². The van der Waals surface area contributed by atoms with Crippen LogP contribution in [-0.2, 0) is 9.47 Å². The van der Waals surface area contributed by atoms with Crippen LogP contribution in [0, 0.1) is 5.92 Å². The van der Waals surface area contributed by atoms with Gasteiger partial charge in [0.1, 0.15) is 5.60 Å². The molecule has 1 aliphatic heterocycles. The largest absolute Gasteiger partial charge is 0.444 e. The van der Waals surface area contributed by atoms with Crippen LogP contribution < -0.4 is 16.0 Å². The predicted molar refractivity (Wildman–Crippen MR) is 114 cm³/mol. The van der Waals surface area contributed by atoms with Crippen molar-refractivity contribution in [2.75, 3.05) is 45.9 Å². The highest BCUT2D eigenvalue weighted by atomic mass is 16.6. The van der Waals surface area contributed by atoms with Crippen LogP contribution in [0.3, 0.4) is 0 Å². The smallest absolute Gasteiger partial charge is 0.407 e. The van der Waals surface area contributed by atoms with Crippen molar-refractivity contribution in [3.05, 3.63) is 0 Å². The van der Waals surface area contributed by atoms with Gasteiger partial charge in [-0.3, -0.25) is 9.89 Å². The summed E-state index contributed by atoms with van der Waals surface area (Å²) in [5.74, 6) is 1.02. The third-order valence-electron chi connectivity index (χ3n) is 4.52. The number of nitrogens with one attached hydrogen (secondary N) is 3. The van der Waals surface area contributed by atoms with Crippen molar-refractivity contribution >= 4 is 12.1 Å². The number of amides is 1. The van der Waals surface area contributed by atoms with E-state index in [1.54, 1.807) is 0 Å². The van der Waals surface area contributed by atoms with Crippen molar-refractivity contribution in [1.82, 2.24) is 20.9 Å². The average molecular weight is 400 g/mol. The summed E-state index contributed by atoms with van der Waals surface area (Å²) >= 11 is 0. The zero-order valence-corrected chi connectivity index (χ0v) is 18.8. The number of aliphatic imine (C=N–C) groups is 1. The molecule has 0 radical (unpaired) electrons. The second-order valence-corrected chi connectivity index (χ2v) is 8.59. The molecule has 1 fully saturated rings. The normalized spacial score (nSPS) is 18.5. The molecule has 0 aliphatic carbocycles. The molecule has 0 aromatic rings. The molecule has 1 rings (SSSR count). The Kier molecular flexibility index (Phi) is 10.6. The molecule has 0 spiro atoms. The van der Waals surface area contributed by atoms with Crippen LogP contribution in [0.4, 0.5) is 4.79 Å². The van der Waals surface area contributed by atoms with Crippen LogP contribution in [0.15, 0.2) is 4.99 Å². The Hall–Kier alpha value is -1.54. The van der Waals surface area contributed by atoms with E-state index in [2.05, 4.69) is 41.6 Å². The van der Waals surface area contributed by atoms with Crippen molar-refractivity contribution in [2.24, 2.45) is 10.9 Å². The van der Waals surface area contributed by atoms with Gasteiger partial charge < -0.3 is 25.4 Å². The molecule has 1 aliphatic rings. The van der Waals surface area contributed by atoms with Crippen molar-refractivity contribution in [2.45, 2.75) is 66.2 Å². The summed E-state index contributed by atoms with van der Waals surface area (Å²) in [4.78, 5) is 19.2. The van der Waals surface area contributed by atoms with Gasteiger partial charge in [0.05, 0.1) is 25.8 Å². The highest BCUT2D eigenvalue weighted by Crippen LogP contribution is 2.08. The quantitative estimate of drug-likeness (QED) is 0.426. The van der Waals surface area contributed by atoms with E-state index in [0.29, 0.717) is 19.1 Å². The van der Waals surface area contributed by atoms with Gasteiger partial charge in [0.15, 0.2) is 5.96 Å².